The predicted octanol–water partition coefficient (Wildman–Crippen LogP) is 3.21. The van der Waals surface area contributed by atoms with E-state index in [1.807, 2.05) is 18.2 Å². The molecule has 2 aromatic heterocycles. The Labute approximate surface area is 169 Å². The molecule has 3 aromatic rings. The Bertz CT molecular complexity index is 1100. The highest BCUT2D eigenvalue weighted by Gasteiger charge is 2.22. The van der Waals surface area contributed by atoms with E-state index in [-0.39, 0.29) is 11.8 Å². The lowest BCUT2D eigenvalue weighted by atomic mass is 10.1. The molecule has 1 aliphatic heterocycles. The van der Waals surface area contributed by atoms with Crippen LogP contribution >= 0.6 is 0 Å². The number of imidazole rings is 1. The lowest BCUT2D eigenvalue weighted by Gasteiger charge is -2.14. The molecule has 29 heavy (non-hydrogen) atoms. The zero-order valence-electron chi connectivity index (χ0n) is 16.6. The van der Waals surface area contributed by atoms with Crippen LogP contribution in [-0.4, -0.2) is 37.8 Å². The Morgan fingerprint density at radius 3 is 2.45 bits per heavy atom. The number of imide groups is 1. The number of carbonyl (C=O) groups is 2. The first kappa shape index (κ1) is 19.1. The zero-order chi connectivity index (χ0) is 20.4. The molecule has 0 bridgehead atoms. The van der Waals surface area contributed by atoms with Crippen molar-refractivity contribution in [2.24, 2.45) is 0 Å². The molecule has 2 N–H and O–H groups in total. The highest BCUT2D eigenvalue weighted by atomic mass is 16.2. The summed E-state index contributed by atoms with van der Waals surface area (Å²) in [5, 5.41) is 1.04. The number of aromatic nitrogens is 3. The summed E-state index contributed by atoms with van der Waals surface area (Å²) in [6.07, 6.45) is 7.25. The smallest absolute Gasteiger partial charge is 0.253 e. The minimum absolute atomic E-state index is 0.225. The summed E-state index contributed by atoms with van der Waals surface area (Å²) in [5.74, 6) is 1.02. The van der Waals surface area contributed by atoms with Gasteiger partial charge in [0.2, 0.25) is 0 Å². The molecule has 0 radical (unpaired) electrons. The quantitative estimate of drug-likeness (QED) is 0.470. The lowest BCUT2D eigenvalue weighted by Crippen LogP contribution is -2.31. The van der Waals surface area contributed by atoms with E-state index in [0.717, 1.165) is 66.4 Å². The van der Waals surface area contributed by atoms with Gasteiger partial charge < -0.3 is 10.3 Å². The van der Waals surface area contributed by atoms with Crippen LogP contribution in [0, 0.1) is 0 Å². The van der Waals surface area contributed by atoms with Crippen molar-refractivity contribution in [3.05, 3.63) is 42.2 Å². The summed E-state index contributed by atoms with van der Waals surface area (Å²) in [4.78, 5) is 34.1. The number of nitrogen functional groups attached to an aromatic ring is 1. The number of carbonyl (C=O) groups excluding carboxylic acids is 2. The van der Waals surface area contributed by atoms with Crippen LogP contribution in [0.3, 0.4) is 0 Å². The topological polar surface area (TPSA) is 94.1 Å². The van der Waals surface area contributed by atoms with Crippen molar-refractivity contribution >= 4 is 39.6 Å². The van der Waals surface area contributed by atoms with Crippen molar-refractivity contribution in [2.45, 2.75) is 45.6 Å². The number of aryl methyl sites for hydroxylation is 2. The first-order valence-corrected chi connectivity index (χ1v) is 10.2. The van der Waals surface area contributed by atoms with E-state index < -0.39 is 0 Å². The van der Waals surface area contributed by atoms with E-state index in [1.54, 1.807) is 0 Å². The highest BCUT2D eigenvalue weighted by Crippen LogP contribution is 2.29. The molecule has 7 heteroatoms. The molecule has 0 saturated carbocycles. The van der Waals surface area contributed by atoms with Crippen LogP contribution in [0.2, 0.25) is 0 Å². The molecular formula is C22H25N5O2. The van der Waals surface area contributed by atoms with Crippen molar-refractivity contribution in [2.75, 3.05) is 12.3 Å². The Morgan fingerprint density at radius 1 is 0.966 bits per heavy atom. The molecule has 1 aliphatic rings. The Hall–Kier alpha value is -3.22. The van der Waals surface area contributed by atoms with Crippen molar-refractivity contribution in [3.63, 3.8) is 0 Å². The summed E-state index contributed by atoms with van der Waals surface area (Å²) in [6, 6.07) is 7.97. The van der Waals surface area contributed by atoms with Crippen molar-refractivity contribution in [1.29, 1.82) is 0 Å². The third kappa shape index (κ3) is 3.60. The maximum Gasteiger partial charge on any atom is 0.253 e. The van der Waals surface area contributed by atoms with E-state index in [2.05, 4.69) is 22.5 Å². The number of fused-ring (bicyclic) bond motifs is 3. The molecule has 0 fully saturated rings. The fraction of sp³-hybridized carbons (Fsp3) is 0.364. The summed E-state index contributed by atoms with van der Waals surface area (Å²) in [5.41, 5.74) is 8.86. The molecular weight excluding hydrogens is 366 g/mol. The molecule has 0 unspecified atom stereocenters. The summed E-state index contributed by atoms with van der Waals surface area (Å²) >= 11 is 0. The van der Waals surface area contributed by atoms with E-state index in [1.165, 1.54) is 17.1 Å². The average molecular weight is 391 g/mol. The summed E-state index contributed by atoms with van der Waals surface area (Å²) in [7, 11) is 0. The van der Waals surface area contributed by atoms with E-state index in [4.69, 9.17) is 10.7 Å². The van der Waals surface area contributed by atoms with Gasteiger partial charge in [0, 0.05) is 37.0 Å². The molecule has 2 amide bonds. The summed E-state index contributed by atoms with van der Waals surface area (Å²) < 4.78 is 2.25. The number of amides is 2. The van der Waals surface area contributed by atoms with Gasteiger partial charge in [-0.15, -0.1) is 0 Å². The van der Waals surface area contributed by atoms with Crippen molar-refractivity contribution < 1.29 is 9.59 Å². The second-order valence-electron chi connectivity index (χ2n) is 7.36. The Balaban J connectivity index is 1.62. The van der Waals surface area contributed by atoms with Gasteiger partial charge in [0.1, 0.15) is 11.3 Å². The maximum atomic E-state index is 11.7. The molecule has 0 spiro atoms. The normalized spacial score (nSPS) is 14.0. The van der Waals surface area contributed by atoms with Crippen molar-refractivity contribution in [1.82, 2.24) is 19.4 Å². The number of hydrogen-bond donors (Lipinski definition) is 1. The lowest BCUT2D eigenvalue weighted by molar-refractivity contribution is -0.136. The fourth-order valence-electron chi connectivity index (χ4n) is 3.86. The Kier molecular flexibility index (Phi) is 5.29. The highest BCUT2D eigenvalue weighted by molar-refractivity contribution is 6.12. The monoisotopic (exact) mass is 391 g/mol. The second kappa shape index (κ2) is 8.03. The van der Waals surface area contributed by atoms with E-state index >= 15 is 0 Å². The van der Waals surface area contributed by atoms with E-state index in [0.29, 0.717) is 12.4 Å². The van der Waals surface area contributed by atoms with Crippen LogP contribution in [0.15, 0.2) is 36.4 Å². The SMILES string of the molecule is CCCCc1nc2c(N)nc3ccccc3c2n1CCCCN1C(=O)C=CC1=O. The largest absolute Gasteiger partial charge is 0.382 e. The first-order valence-electron chi connectivity index (χ1n) is 10.2. The number of nitrogens with zero attached hydrogens (tertiary/aromatic N) is 4. The third-order valence-electron chi connectivity index (χ3n) is 5.36. The van der Waals surface area contributed by atoms with Gasteiger partial charge in [-0.1, -0.05) is 31.5 Å². The molecule has 150 valence electrons. The van der Waals surface area contributed by atoms with Gasteiger partial charge >= 0.3 is 0 Å². The molecule has 0 saturated heterocycles. The van der Waals surface area contributed by atoms with Crippen LogP contribution in [0.25, 0.3) is 21.9 Å². The number of benzene rings is 1. The minimum atomic E-state index is -0.225. The van der Waals surface area contributed by atoms with Crippen molar-refractivity contribution in [3.8, 4) is 0 Å². The molecule has 7 nitrogen and oxygen atoms in total. The van der Waals surface area contributed by atoms with Crippen LogP contribution in [0.4, 0.5) is 5.82 Å². The standard InChI is InChI=1S/C22H25N5O2/c1-2-3-10-17-25-20-21(15-8-4-5-9-16(15)24-22(20)23)26(17)13-6-7-14-27-18(28)11-12-19(27)29/h4-5,8-9,11-12H,2-3,6-7,10,13-14H2,1H3,(H2,23,24). The predicted molar refractivity (Wildman–Crippen MR) is 113 cm³/mol. The van der Waals surface area contributed by atoms with Gasteiger partial charge in [-0.3, -0.25) is 14.5 Å². The van der Waals surface area contributed by atoms with Gasteiger partial charge in [0.15, 0.2) is 5.82 Å². The van der Waals surface area contributed by atoms with Crippen LogP contribution < -0.4 is 5.73 Å². The fourth-order valence-corrected chi connectivity index (χ4v) is 3.86. The Morgan fingerprint density at radius 2 is 1.69 bits per heavy atom. The van der Waals surface area contributed by atoms with Crippen LogP contribution in [-0.2, 0) is 22.6 Å². The van der Waals surface area contributed by atoms with Gasteiger partial charge in [0.05, 0.1) is 11.0 Å². The molecule has 0 atom stereocenters. The van der Waals surface area contributed by atoms with Crippen LogP contribution in [0.5, 0.6) is 0 Å². The number of pyridine rings is 1. The molecule has 3 heterocycles. The zero-order valence-corrected chi connectivity index (χ0v) is 16.6. The van der Waals surface area contributed by atoms with Gasteiger partial charge in [0.25, 0.3) is 11.8 Å². The molecule has 0 aliphatic carbocycles. The molecule has 1 aromatic carbocycles. The number of anilines is 1. The number of rotatable bonds is 8. The average Bonchev–Trinajstić information content (AvgIpc) is 3.24. The van der Waals surface area contributed by atoms with Gasteiger partial charge in [-0.2, -0.15) is 0 Å². The van der Waals surface area contributed by atoms with Gasteiger partial charge in [-0.05, 0) is 25.3 Å². The number of unbranched alkanes of at least 4 members (excludes halogenated alkanes) is 2. The number of hydrogen-bond acceptors (Lipinski definition) is 5. The second-order valence-corrected chi connectivity index (χ2v) is 7.36. The van der Waals surface area contributed by atoms with Crippen LogP contribution in [0.1, 0.15) is 38.4 Å². The minimum Gasteiger partial charge on any atom is -0.382 e. The third-order valence-corrected chi connectivity index (χ3v) is 5.36. The first-order chi connectivity index (χ1) is 14.1. The number of nitrogens with two attached hydrogens (primary N) is 1. The molecule has 4 rings (SSSR count). The number of para-hydroxylation sites is 1. The van der Waals surface area contributed by atoms with Gasteiger partial charge in [-0.25, -0.2) is 9.97 Å². The maximum absolute atomic E-state index is 11.7. The summed E-state index contributed by atoms with van der Waals surface area (Å²) in [6.45, 7) is 3.36. The van der Waals surface area contributed by atoms with E-state index in [9.17, 15) is 9.59 Å².